The van der Waals surface area contributed by atoms with Crippen LogP contribution in [-0.2, 0) is 0 Å². The Labute approximate surface area is 199 Å². The van der Waals surface area contributed by atoms with Crippen molar-refractivity contribution in [3.8, 4) is 11.4 Å². The van der Waals surface area contributed by atoms with E-state index >= 15 is 0 Å². The summed E-state index contributed by atoms with van der Waals surface area (Å²) in [6, 6.07) is 17.3. The molecule has 0 spiro atoms. The molecule has 1 aromatic carbocycles. The van der Waals surface area contributed by atoms with Crippen molar-refractivity contribution < 1.29 is 4.39 Å². The lowest BCUT2D eigenvalue weighted by atomic mass is 10.0. The van der Waals surface area contributed by atoms with Gasteiger partial charge in [0.1, 0.15) is 23.1 Å². The summed E-state index contributed by atoms with van der Waals surface area (Å²) >= 11 is 0. The van der Waals surface area contributed by atoms with Gasteiger partial charge in [-0.1, -0.05) is 31.5 Å². The van der Waals surface area contributed by atoms with E-state index in [0.717, 1.165) is 72.6 Å². The van der Waals surface area contributed by atoms with Crippen LogP contribution in [0.15, 0.2) is 60.8 Å². The molecule has 34 heavy (non-hydrogen) atoms. The fourth-order valence-corrected chi connectivity index (χ4v) is 5.41. The van der Waals surface area contributed by atoms with Crippen LogP contribution in [0.4, 0.5) is 16.0 Å². The van der Waals surface area contributed by atoms with Crippen molar-refractivity contribution in [1.29, 1.82) is 0 Å². The fourth-order valence-electron chi connectivity index (χ4n) is 5.41. The van der Waals surface area contributed by atoms with Crippen molar-refractivity contribution in [1.82, 2.24) is 19.6 Å². The highest BCUT2D eigenvalue weighted by Crippen LogP contribution is 2.36. The predicted octanol–water partition coefficient (Wildman–Crippen LogP) is 5.51. The number of benzene rings is 1. The molecule has 0 aliphatic carbocycles. The maximum Gasteiger partial charge on any atom is 0.154 e. The SMILES string of the molecule is CC[C@H]1CCN(c2cccc(-c3cnc4ccc(N5CCC[C@@H]5c5cccc(F)c5)nn34)n2)C1. The first-order chi connectivity index (χ1) is 16.7. The minimum Gasteiger partial charge on any atom is -0.356 e. The molecule has 7 heteroatoms. The van der Waals surface area contributed by atoms with E-state index in [9.17, 15) is 4.39 Å². The Morgan fingerprint density at radius 2 is 1.91 bits per heavy atom. The molecule has 0 saturated carbocycles. The lowest BCUT2D eigenvalue weighted by Gasteiger charge is -2.26. The molecular weight excluding hydrogens is 427 g/mol. The van der Waals surface area contributed by atoms with Gasteiger partial charge >= 0.3 is 0 Å². The Bertz CT molecular complexity index is 1320. The summed E-state index contributed by atoms with van der Waals surface area (Å²) in [7, 11) is 0. The van der Waals surface area contributed by atoms with Gasteiger partial charge in [0.15, 0.2) is 5.65 Å². The second kappa shape index (κ2) is 8.70. The van der Waals surface area contributed by atoms with Crippen LogP contribution in [0.3, 0.4) is 0 Å². The summed E-state index contributed by atoms with van der Waals surface area (Å²) in [6.45, 7) is 5.28. The highest BCUT2D eigenvalue weighted by atomic mass is 19.1. The maximum absolute atomic E-state index is 13.9. The van der Waals surface area contributed by atoms with Crippen molar-refractivity contribution in [2.24, 2.45) is 5.92 Å². The number of anilines is 2. The molecule has 0 amide bonds. The third-order valence-corrected chi connectivity index (χ3v) is 7.31. The molecule has 3 aromatic heterocycles. The Morgan fingerprint density at radius 1 is 1.00 bits per heavy atom. The molecule has 6 nitrogen and oxygen atoms in total. The molecule has 4 aromatic rings. The number of halogens is 1. The number of pyridine rings is 1. The zero-order valence-corrected chi connectivity index (χ0v) is 19.4. The van der Waals surface area contributed by atoms with E-state index in [-0.39, 0.29) is 11.9 Å². The first-order valence-corrected chi connectivity index (χ1v) is 12.3. The lowest BCUT2D eigenvalue weighted by molar-refractivity contribution is 0.569. The summed E-state index contributed by atoms with van der Waals surface area (Å²) in [6.07, 6.45) is 6.33. The summed E-state index contributed by atoms with van der Waals surface area (Å²) in [5, 5.41) is 4.98. The van der Waals surface area contributed by atoms with Gasteiger partial charge in [-0.05, 0) is 67.1 Å². The van der Waals surface area contributed by atoms with E-state index < -0.39 is 0 Å². The zero-order chi connectivity index (χ0) is 23.1. The summed E-state index contributed by atoms with van der Waals surface area (Å²) in [5.41, 5.74) is 3.54. The van der Waals surface area contributed by atoms with Crippen LogP contribution >= 0.6 is 0 Å². The molecule has 5 heterocycles. The maximum atomic E-state index is 13.9. The van der Waals surface area contributed by atoms with Gasteiger partial charge in [-0.25, -0.2) is 18.9 Å². The molecule has 0 radical (unpaired) electrons. The van der Waals surface area contributed by atoms with Gasteiger partial charge in [0.05, 0.1) is 17.9 Å². The minimum atomic E-state index is -0.195. The number of hydrogen-bond donors (Lipinski definition) is 0. The molecule has 0 bridgehead atoms. The van der Waals surface area contributed by atoms with Crippen LogP contribution in [0.5, 0.6) is 0 Å². The third kappa shape index (κ3) is 3.79. The monoisotopic (exact) mass is 456 g/mol. The molecule has 2 atom stereocenters. The normalized spacial score (nSPS) is 20.5. The number of imidazole rings is 1. The van der Waals surface area contributed by atoms with E-state index in [4.69, 9.17) is 10.1 Å². The standard InChI is InChI=1S/C27H29FN6/c1-2-19-13-15-32(18-19)26-10-4-8-22(30-26)24-17-29-25-11-12-27(31-34(24)25)33-14-5-9-23(33)20-6-3-7-21(28)16-20/h3-4,6-8,10-12,16-17,19,23H,2,5,9,13-15,18H2,1H3/t19-,23+/m0/s1. The number of aromatic nitrogens is 4. The van der Waals surface area contributed by atoms with Gasteiger partial charge in [-0.2, -0.15) is 0 Å². The predicted molar refractivity (Wildman–Crippen MR) is 133 cm³/mol. The van der Waals surface area contributed by atoms with Crippen molar-refractivity contribution in [3.05, 3.63) is 72.2 Å². The molecule has 2 aliphatic rings. The van der Waals surface area contributed by atoms with Crippen LogP contribution in [-0.4, -0.2) is 39.2 Å². The summed E-state index contributed by atoms with van der Waals surface area (Å²) < 4.78 is 15.8. The molecule has 6 rings (SSSR count). The zero-order valence-electron chi connectivity index (χ0n) is 19.4. The Hall–Kier alpha value is -3.48. The van der Waals surface area contributed by atoms with Crippen molar-refractivity contribution in [2.45, 2.75) is 38.6 Å². The molecular formula is C27H29FN6. The summed E-state index contributed by atoms with van der Waals surface area (Å²) in [5.74, 6) is 2.45. The van der Waals surface area contributed by atoms with Gasteiger partial charge in [0, 0.05) is 19.6 Å². The number of hydrogen-bond acceptors (Lipinski definition) is 5. The average molecular weight is 457 g/mol. The van der Waals surface area contributed by atoms with Crippen LogP contribution < -0.4 is 9.80 Å². The van der Waals surface area contributed by atoms with Gasteiger partial charge in [-0.15, -0.1) is 5.10 Å². The Morgan fingerprint density at radius 3 is 2.76 bits per heavy atom. The van der Waals surface area contributed by atoms with Gasteiger partial charge in [0.2, 0.25) is 0 Å². The van der Waals surface area contributed by atoms with E-state index in [1.807, 2.05) is 35.0 Å². The van der Waals surface area contributed by atoms with E-state index in [1.165, 1.54) is 18.9 Å². The van der Waals surface area contributed by atoms with Crippen molar-refractivity contribution in [3.63, 3.8) is 0 Å². The summed E-state index contributed by atoms with van der Waals surface area (Å²) in [4.78, 5) is 14.2. The molecule has 174 valence electrons. The topological polar surface area (TPSA) is 49.6 Å². The van der Waals surface area contributed by atoms with E-state index in [2.05, 4.69) is 33.8 Å². The number of fused-ring (bicyclic) bond motifs is 1. The fraction of sp³-hybridized carbons (Fsp3) is 0.370. The van der Waals surface area contributed by atoms with Crippen LogP contribution in [0, 0.1) is 11.7 Å². The van der Waals surface area contributed by atoms with E-state index in [0.29, 0.717) is 0 Å². The first-order valence-electron chi connectivity index (χ1n) is 12.3. The van der Waals surface area contributed by atoms with Gasteiger partial charge < -0.3 is 9.80 Å². The molecule has 2 saturated heterocycles. The second-order valence-electron chi connectivity index (χ2n) is 9.40. The second-order valence-corrected chi connectivity index (χ2v) is 9.40. The largest absolute Gasteiger partial charge is 0.356 e. The number of rotatable bonds is 5. The average Bonchev–Trinajstić information content (AvgIpc) is 3.63. The lowest BCUT2D eigenvalue weighted by Crippen LogP contribution is -2.24. The third-order valence-electron chi connectivity index (χ3n) is 7.31. The van der Waals surface area contributed by atoms with Crippen LogP contribution in [0.1, 0.15) is 44.2 Å². The van der Waals surface area contributed by atoms with Gasteiger partial charge in [0.25, 0.3) is 0 Å². The quantitative estimate of drug-likeness (QED) is 0.396. The Kier molecular flexibility index (Phi) is 5.40. The Balaban J connectivity index is 1.34. The molecule has 0 N–H and O–H groups in total. The van der Waals surface area contributed by atoms with Crippen molar-refractivity contribution >= 4 is 17.3 Å². The van der Waals surface area contributed by atoms with Crippen LogP contribution in [0.2, 0.25) is 0 Å². The van der Waals surface area contributed by atoms with Gasteiger partial charge in [-0.3, -0.25) is 0 Å². The first kappa shape index (κ1) is 21.1. The molecule has 0 unspecified atom stereocenters. The highest BCUT2D eigenvalue weighted by Gasteiger charge is 2.28. The van der Waals surface area contributed by atoms with Crippen molar-refractivity contribution in [2.75, 3.05) is 29.4 Å². The molecule has 2 aliphatic heterocycles. The van der Waals surface area contributed by atoms with Crippen LogP contribution in [0.25, 0.3) is 17.0 Å². The highest BCUT2D eigenvalue weighted by molar-refractivity contribution is 5.62. The number of nitrogens with zero attached hydrogens (tertiary/aromatic N) is 6. The van der Waals surface area contributed by atoms with E-state index in [1.54, 1.807) is 12.1 Å². The minimum absolute atomic E-state index is 0.121. The molecule has 2 fully saturated rings. The smallest absolute Gasteiger partial charge is 0.154 e.